The molecule has 0 saturated heterocycles. The molecule has 0 bridgehead atoms. The topological polar surface area (TPSA) is 78.3 Å². The third kappa shape index (κ3) is 6.35. The zero-order chi connectivity index (χ0) is 22.2. The molecule has 1 aromatic heterocycles. The number of methoxy groups -OCH3 is 2. The summed E-state index contributed by atoms with van der Waals surface area (Å²) in [5.74, 6) is 2.50. The van der Waals surface area contributed by atoms with Gasteiger partial charge in [0.2, 0.25) is 5.91 Å². The smallest absolute Gasteiger partial charge is 0.244 e. The predicted molar refractivity (Wildman–Crippen MR) is 125 cm³/mol. The van der Waals surface area contributed by atoms with E-state index in [1.807, 2.05) is 29.8 Å². The third-order valence-corrected chi connectivity index (χ3v) is 6.08. The van der Waals surface area contributed by atoms with Gasteiger partial charge in [0, 0.05) is 23.3 Å². The van der Waals surface area contributed by atoms with Crippen molar-refractivity contribution in [2.24, 2.45) is 7.05 Å². The lowest BCUT2D eigenvalue weighted by Gasteiger charge is -2.07. The first-order valence-corrected chi connectivity index (χ1v) is 11.2. The lowest BCUT2D eigenvalue weighted by atomic mass is 10.2. The van der Waals surface area contributed by atoms with Crippen molar-refractivity contribution in [1.82, 2.24) is 20.1 Å². The van der Waals surface area contributed by atoms with Crippen LogP contribution in [0.1, 0.15) is 17.0 Å². The molecule has 0 unspecified atom stereocenters. The average molecular weight is 503 g/mol. The number of ether oxygens (including phenoxy) is 2. The van der Waals surface area contributed by atoms with Gasteiger partial charge in [-0.25, -0.2) is 0 Å². The van der Waals surface area contributed by atoms with E-state index in [4.69, 9.17) is 9.47 Å². The van der Waals surface area contributed by atoms with Crippen molar-refractivity contribution in [3.05, 3.63) is 70.0 Å². The number of benzene rings is 2. The molecule has 2 aromatic carbocycles. The summed E-state index contributed by atoms with van der Waals surface area (Å²) in [6.07, 6.45) is 3.19. The number of nitrogens with zero attached hydrogens (tertiary/aromatic N) is 3. The molecular weight excluding hydrogens is 480 g/mol. The molecule has 9 heteroatoms. The maximum atomic E-state index is 12.2. The molecule has 0 fully saturated rings. The van der Waals surface area contributed by atoms with Gasteiger partial charge in [-0.1, -0.05) is 45.9 Å². The summed E-state index contributed by atoms with van der Waals surface area (Å²) >= 11 is 5.04. The molecule has 31 heavy (non-hydrogen) atoms. The molecule has 0 spiro atoms. The van der Waals surface area contributed by atoms with E-state index in [1.165, 1.54) is 11.6 Å². The number of halogens is 1. The fourth-order valence-corrected chi connectivity index (χ4v) is 3.86. The van der Waals surface area contributed by atoms with Crippen LogP contribution in [0.2, 0.25) is 0 Å². The Bertz CT molecular complexity index is 1070. The lowest BCUT2D eigenvalue weighted by Crippen LogP contribution is -2.22. The highest BCUT2D eigenvalue weighted by atomic mass is 79.9. The van der Waals surface area contributed by atoms with Gasteiger partial charge in [-0.2, -0.15) is 0 Å². The first-order valence-electron chi connectivity index (χ1n) is 9.43. The van der Waals surface area contributed by atoms with Crippen molar-refractivity contribution in [3.63, 3.8) is 0 Å². The van der Waals surface area contributed by atoms with E-state index in [9.17, 15) is 4.79 Å². The van der Waals surface area contributed by atoms with Crippen molar-refractivity contribution in [1.29, 1.82) is 0 Å². The zero-order valence-corrected chi connectivity index (χ0v) is 19.9. The lowest BCUT2D eigenvalue weighted by molar-refractivity contribution is -0.116. The Morgan fingerprint density at radius 2 is 1.87 bits per heavy atom. The highest BCUT2D eigenvalue weighted by molar-refractivity contribution is 9.10. The summed E-state index contributed by atoms with van der Waals surface area (Å²) in [5.41, 5.74) is 2.03. The van der Waals surface area contributed by atoms with Crippen LogP contribution in [0.25, 0.3) is 6.08 Å². The summed E-state index contributed by atoms with van der Waals surface area (Å²) in [4.78, 5) is 12.2. The second kappa shape index (κ2) is 11.0. The molecule has 3 rings (SSSR count). The van der Waals surface area contributed by atoms with Gasteiger partial charge in [0.25, 0.3) is 0 Å². The molecule has 7 nitrogen and oxygen atoms in total. The molecule has 1 N–H and O–H groups in total. The van der Waals surface area contributed by atoms with Gasteiger partial charge in [-0.05, 0) is 41.5 Å². The number of nitrogens with one attached hydrogen (secondary N) is 1. The molecule has 3 aromatic rings. The van der Waals surface area contributed by atoms with Gasteiger partial charge in [-0.15, -0.1) is 10.2 Å². The fourth-order valence-electron chi connectivity index (χ4n) is 2.71. The van der Waals surface area contributed by atoms with Crippen LogP contribution in [-0.2, 0) is 24.1 Å². The molecule has 1 amide bonds. The van der Waals surface area contributed by atoms with Crippen molar-refractivity contribution in [2.75, 3.05) is 14.2 Å². The van der Waals surface area contributed by atoms with Crippen LogP contribution in [0.3, 0.4) is 0 Å². The van der Waals surface area contributed by atoms with Crippen molar-refractivity contribution in [3.8, 4) is 11.5 Å². The van der Waals surface area contributed by atoms with Gasteiger partial charge in [0.15, 0.2) is 22.5 Å². The van der Waals surface area contributed by atoms with Crippen LogP contribution in [0.4, 0.5) is 0 Å². The summed E-state index contributed by atoms with van der Waals surface area (Å²) in [6.45, 7) is 0.289. The van der Waals surface area contributed by atoms with E-state index in [-0.39, 0.29) is 12.5 Å². The van der Waals surface area contributed by atoms with E-state index in [0.29, 0.717) is 17.3 Å². The Morgan fingerprint density at radius 3 is 2.58 bits per heavy atom. The van der Waals surface area contributed by atoms with E-state index >= 15 is 0 Å². The SMILES string of the molecule is COc1ccc(/C=C/C(=O)NCc2nnc(SCc3ccc(Br)cc3)n2C)cc1OC. The molecule has 1 heterocycles. The Morgan fingerprint density at radius 1 is 1.13 bits per heavy atom. The largest absolute Gasteiger partial charge is 0.493 e. The maximum Gasteiger partial charge on any atom is 0.244 e. The molecule has 0 saturated carbocycles. The minimum Gasteiger partial charge on any atom is -0.493 e. The highest BCUT2D eigenvalue weighted by Crippen LogP contribution is 2.28. The number of carbonyl (C=O) groups excluding carboxylic acids is 1. The van der Waals surface area contributed by atoms with E-state index < -0.39 is 0 Å². The van der Waals surface area contributed by atoms with Crippen LogP contribution in [-0.4, -0.2) is 34.9 Å². The van der Waals surface area contributed by atoms with Gasteiger partial charge < -0.3 is 19.4 Å². The fraction of sp³-hybridized carbons (Fsp3) is 0.227. The van der Waals surface area contributed by atoms with Gasteiger partial charge in [-0.3, -0.25) is 4.79 Å². The monoisotopic (exact) mass is 502 g/mol. The zero-order valence-electron chi connectivity index (χ0n) is 17.5. The number of hydrogen-bond donors (Lipinski definition) is 1. The number of hydrogen-bond acceptors (Lipinski definition) is 6. The van der Waals surface area contributed by atoms with Crippen LogP contribution in [0.15, 0.2) is 58.2 Å². The number of amides is 1. The van der Waals surface area contributed by atoms with E-state index in [2.05, 4.69) is 43.6 Å². The Kier molecular flexibility index (Phi) is 8.13. The minimum atomic E-state index is -0.221. The van der Waals surface area contributed by atoms with Crippen LogP contribution >= 0.6 is 27.7 Å². The second-order valence-electron chi connectivity index (χ2n) is 6.54. The van der Waals surface area contributed by atoms with Gasteiger partial charge in [0.1, 0.15) is 0 Å². The van der Waals surface area contributed by atoms with Gasteiger partial charge >= 0.3 is 0 Å². The standard InChI is InChI=1S/C22H23BrN4O3S/c1-27-20(25-26-22(27)31-14-16-4-8-17(23)9-5-16)13-24-21(28)11-7-15-6-10-18(29-2)19(12-15)30-3/h4-12H,13-14H2,1-3H3,(H,24,28)/b11-7+. The Labute approximate surface area is 194 Å². The molecule has 0 aliphatic carbocycles. The summed E-state index contributed by atoms with van der Waals surface area (Å²) < 4.78 is 13.4. The highest BCUT2D eigenvalue weighted by Gasteiger charge is 2.10. The Hall–Kier alpha value is -2.78. The predicted octanol–water partition coefficient (Wildman–Crippen LogP) is 4.22. The number of rotatable bonds is 9. The molecule has 0 radical (unpaired) electrons. The first kappa shape index (κ1) is 22.9. The quantitative estimate of drug-likeness (QED) is 0.348. The van der Waals surface area contributed by atoms with Crippen LogP contribution in [0, 0.1) is 0 Å². The third-order valence-electron chi connectivity index (χ3n) is 4.46. The number of aromatic nitrogens is 3. The minimum absolute atomic E-state index is 0.221. The van der Waals surface area contributed by atoms with Crippen LogP contribution in [0.5, 0.6) is 11.5 Å². The van der Waals surface area contributed by atoms with Crippen molar-refractivity contribution < 1.29 is 14.3 Å². The number of carbonyl (C=O) groups is 1. The summed E-state index contributed by atoms with van der Waals surface area (Å²) in [6, 6.07) is 13.6. The number of thioether (sulfide) groups is 1. The average Bonchev–Trinajstić information content (AvgIpc) is 3.14. The Balaban J connectivity index is 1.53. The van der Waals surface area contributed by atoms with Gasteiger partial charge in [0.05, 0.1) is 20.8 Å². The van der Waals surface area contributed by atoms with Crippen LogP contribution < -0.4 is 14.8 Å². The molecular formula is C22H23BrN4O3S. The van der Waals surface area contributed by atoms with Crippen molar-refractivity contribution in [2.45, 2.75) is 17.5 Å². The second-order valence-corrected chi connectivity index (χ2v) is 8.40. The van der Waals surface area contributed by atoms with Crippen molar-refractivity contribution >= 4 is 39.7 Å². The molecule has 0 aliphatic heterocycles. The molecule has 0 atom stereocenters. The summed E-state index contributed by atoms with van der Waals surface area (Å²) in [5, 5.41) is 12.1. The molecule has 0 aliphatic rings. The molecule has 162 valence electrons. The summed E-state index contributed by atoms with van der Waals surface area (Å²) in [7, 11) is 5.05. The normalized spacial score (nSPS) is 11.0. The van der Waals surface area contributed by atoms with E-state index in [0.717, 1.165) is 20.9 Å². The first-order chi connectivity index (χ1) is 15.0. The van der Waals surface area contributed by atoms with E-state index in [1.54, 1.807) is 44.2 Å². The maximum absolute atomic E-state index is 12.2.